The predicted molar refractivity (Wildman–Crippen MR) is 68.6 cm³/mol. The van der Waals surface area contributed by atoms with Crippen molar-refractivity contribution < 1.29 is 18.7 Å². The molecule has 1 aromatic carbocycles. The second-order valence-corrected chi connectivity index (χ2v) is 5.14. The van der Waals surface area contributed by atoms with Gasteiger partial charge in [0.25, 0.3) is 0 Å². The Morgan fingerprint density at radius 1 is 1.11 bits per heavy atom. The van der Waals surface area contributed by atoms with E-state index in [1.807, 2.05) is 0 Å². The SMILES string of the molecule is O=C(O)C(F)C(F)c1ccc(C2CCCCC2)cc1. The molecule has 4 heteroatoms. The zero-order valence-corrected chi connectivity index (χ0v) is 10.7. The van der Waals surface area contributed by atoms with E-state index in [1.54, 1.807) is 12.1 Å². The van der Waals surface area contributed by atoms with Crippen LogP contribution in [-0.4, -0.2) is 17.2 Å². The average molecular weight is 268 g/mol. The van der Waals surface area contributed by atoms with Crippen LogP contribution in [0.4, 0.5) is 8.78 Å². The Kier molecular flexibility index (Phi) is 4.51. The van der Waals surface area contributed by atoms with Crippen molar-refractivity contribution in [2.75, 3.05) is 0 Å². The first kappa shape index (κ1) is 14.0. The summed E-state index contributed by atoms with van der Waals surface area (Å²) in [6.45, 7) is 0. The number of carbonyl (C=O) groups is 1. The first-order valence-electron chi connectivity index (χ1n) is 6.70. The molecule has 1 saturated carbocycles. The summed E-state index contributed by atoms with van der Waals surface area (Å²) in [4.78, 5) is 10.4. The predicted octanol–water partition coefficient (Wildman–Crippen LogP) is 4.17. The molecule has 1 fully saturated rings. The molecule has 0 radical (unpaired) electrons. The summed E-state index contributed by atoms with van der Waals surface area (Å²) in [5.74, 6) is -1.26. The highest BCUT2D eigenvalue weighted by molar-refractivity contribution is 5.73. The molecule has 19 heavy (non-hydrogen) atoms. The molecule has 1 aromatic rings. The highest BCUT2D eigenvalue weighted by Gasteiger charge is 2.29. The largest absolute Gasteiger partial charge is 0.479 e. The van der Waals surface area contributed by atoms with Gasteiger partial charge in [-0.3, -0.25) is 0 Å². The normalized spacial score (nSPS) is 19.9. The van der Waals surface area contributed by atoms with Crippen molar-refractivity contribution in [3.05, 3.63) is 35.4 Å². The monoisotopic (exact) mass is 268 g/mol. The van der Waals surface area contributed by atoms with Gasteiger partial charge >= 0.3 is 5.97 Å². The molecule has 2 atom stereocenters. The Hall–Kier alpha value is -1.45. The van der Waals surface area contributed by atoms with Gasteiger partial charge in [-0.1, -0.05) is 43.5 Å². The number of halogens is 2. The van der Waals surface area contributed by atoms with Crippen molar-refractivity contribution in [1.29, 1.82) is 0 Å². The van der Waals surface area contributed by atoms with Crippen molar-refractivity contribution in [3.8, 4) is 0 Å². The maximum absolute atomic E-state index is 13.6. The van der Waals surface area contributed by atoms with Gasteiger partial charge in [0.05, 0.1) is 0 Å². The van der Waals surface area contributed by atoms with Gasteiger partial charge < -0.3 is 5.11 Å². The molecule has 2 rings (SSSR count). The van der Waals surface area contributed by atoms with Crippen LogP contribution < -0.4 is 0 Å². The highest BCUT2D eigenvalue weighted by atomic mass is 19.2. The lowest BCUT2D eigenvalue weighted by Gasteiger charge is -2.22. The summed E-state index contributed by atoms with van der Waals surface area (Å²) >= 11 is 0. The number of hydrogen-bond donors (Lipinski definition) is 1. The van der Waals surface area contributed by atoms with Gasteiger partial charge in [0.15, 0.2) is 6.17 Å². The van der Waals surface area contributed by atoms with Gasteiger partial charge in [0, 0.05) is 0 Å². The standard InChI is InChI=1S/C15H18F2O2/c16-13(14(17)15(18)19)12-8-6-11(7-9-12)10-4-2-1-3-5-10/h6-10,13-14H,1-5H2,(H,18,19). The Labute approximate surface area is 111 Å². The summed E-state index contributed by atoms with van der Waals surface area (Å²) in [6.07, 6.45) is 1.37. The highest BCUT2D eigenvalue weighted by Crippen LogP contribution is 2.33. The summed E-state index contributed by atoms with van der Waals surface area (Å²) in [6, 6.07) is 6.60. The van der Waals surface area contributed by atoms with Gasteiger partial charge in [-0.05, 0) is 29.9 Å². The first-order chi connectivity index (χ1) is 9.09. The molecule has 0 aliphatic heterocycles. The smallest absolute Gasteiger partial charge is 0.341 e. The fourth-order valence-electron chi connectivity index (χ4n) is 2.68. The van der Waals surface area contributed by atoms with Crippen molar-refractivity contribution >= 4 is 5.97 Å². The molecule has 0 amide bonds. The van der Waals surface area contributed by atoms with E-state index in [0.29, 0.717) is 5.92 Å². The zero-order chi connectivity index (χ0) is 13.8. The minimum Gasteiger partial charge on any atom is -0.479 e. The van der Waals surface area contributed by atoms with E-state index in [1.165, 1.54) is 31.4 Å². The van der Waals surface area contributed by atoms with Crippen LogP contribution >= 0.6 is 0 Å². The van der Waals surface area contributed by atoms with E-state index >= 15 is 0 Å². The van der Waals surface area contributed by atoms with Crippen LogP contribution in [0, 0.1) is 0 Å². The van der Waals surface area contributed by atoms with E-state index in [2.05, 4.69) is 0 Å². The van der Waals surface area contributed by atoms with Crippen LogP contribution in [0.2, 0.25) is 0 Å². The summed E-state index contributed by atoms with van der Waals surface area (Å²) < 4.78 is 26.7. The van der Waals surface area contributed by atoms with E-state index in [-0.39, 0.29) is 5.56 Å². The molecule has 0 saturated heterocycles. The number of alkyl halides is 2. The van der Waals surface area contributed by atoms with Crippen LogP contribution in [-0.2, 0) is 4.79 Å². The number of carboxylic acid groups (broad SMARTS) is 1. The number of benzene rings is 1. The minimum atomic E-state index is -2.50. The molecule has 1 aliphatic rings. The second-order valence-electron chi connectivity index (χ2n) is 5.14. The molecule has 104 valence electrons. The van der Waals surface area contributed by atoms with Crippen LogP contribution in [0.1, 0.15) is 55.3 Å². The van der Waals surface area contributed by atoms with Gasteiger partial charge in [0.1, 0.15) is 0 Å². The Morgan fingerprint density at radius 2 is 1.68 bits per heavy atom. The molecule has 1 aliphatic carbocycles. The first-order valence-corrected chi connectivity index (χ1v) is 6.70. The molecule has 2 nitrogen and oxygen atoms in total. The fraction of sp³-hybridized carbons (Fsp3) is 0.533. The fourth-order valence-corrected chi connectivity index (χ4v) is 2.68. The molecule has 0 heterocycles. The Bertz CT molecular complexity index is 424. The van der Waals surface area contributed by atoms with E-state index in [4.69, 9.17) is 5.11 Å². The molecular weight excluding hydrogens is 250 g/mol. The molecule has 1 N–H and O–H groups in total. The number of hydrogen-bond acceptors (Lipinski definition) is 1. The lowest BCUT2D eigenvalue weighted by atomic mass is 9.84. The number of carboxylic acids is 1. The van der Waals surface area contributed by atoms with Crippen LogP contribution in [0.5, 0.6) is 0 Å². The van der Waals surface area contributed by atoms with E-state index < -0.39 is 18.3 Å². The summed E-state index contributed by atoms with van der Waals surface area (Å²) in [5, 5.41) is 8.46. The topological polar surface area (TPSA) is 37.3 Å². The third-order valence-electron chi connectivity index (χ3n) is 3.82. The Balaban J connectivity index is 2.07. The lowest BCUT2D eigenvalue weighted by Crippen LogP contribution is -2.20. The van der Waals surface area contributed by atoms with Crippen molar-refractivity contribution in [3.63, 3.8) is 0 Å². The van der Waals surface area contributed by atoms with Gasteiger partial charge in [-0.2, -0.15) is 0 Å². The maximum atomic E-state index is 13.6. The minimum absolute atomic E-state index is 0.0921. The van der Waals surface area contributed by atoms with Gasteiger partial charge in [-0.15, -0.1) is 0 Å². The molecule has 0 bridgehead atoms. The summed E-state index contributed by atoms with van der Waals surface area (Å²) in [7, 11) is 0. The van der Waals surface area contributed by atoms with Crippen molar-refractivity contribution in [2.45, 2.75) is 50.4 Å². The van der Waals surface area contributed by atoms with E-state index in [0.717, 1.165) is 18.4 Å². The number of aliphatic carboxylic acids is 1. The third-order valence-corrected chi connectivity index (χ3v) is 3.82. The van der Waals surface area contributed by atoms with Gasteiger partial charge in [-0.25, -0.2) is 13.6 Å². The zero-order valence-electron chi connectivity index (χ0n) is 10.7. The number of rotatable bonds is 4. The van der Waals surface area contributed by atoms with E-state index in [9.17, 15) is 13.6 Å². The van der Waals surface area contributed by atoms with Gasteiger partial charge in [0.2, 0.25) is 6.17 Å². The van der Waals surface area contributed by atoms with Crippen LogP contribution in [0.3, 0.4) is 0 Å². The maximum Gasteiger partial charge on any atom is 0.341 e. The second kappa shape index (κ2) is 6.13. The quantitative estimate of drug-likeness (QED) is 0.890. The lowest BCUT2D eigenvalue weighted by molar-refractivity contribution is -0.145. The Morgan fingerprint density at radius 3 is 2.21 bits per heavy atom. The molecule has 2 unspecified atom stereocenters. The third kappa shape index (κ3) is 3.31. The molecular formula is C15H18F2O2. The molecule has 0 aromatic heterocycles. The van der Waals surface area contributed by atoms with Crippen molar-refractivity contribution in [1.82, 2.24) is 0 Å². The van der Waals surface area contributed by atoms with Crippen LogP contribution in [0.15, 0.2) is 24.3 Å². The van der Waals surface area contributed by atoms with Crippen molar-refractivity contribution in [2.24, 2.45) is 0 Å². The van der Waals surface area contributed by atoms with Crippen LogP contribution in [0.25, 0.3) is 0 Å². The summed E-state index contributed by atoms with van der Waals surface area (Å²) in [5.41, 5.74) is 1.23. The molecule has 0 spiro atoms. The average Bonchev–Trinajstić information content (AvgIpc) is 2.46.